The van der Waals surface area contributed by atoms with Crippen LogP contribution in [0.25, 0.3) is 0 Å². The van der Waals surface area contributed by atoms with Crippen LogP contribution in [0.15, 0.2) is 16.7 Å². The van der Waals surface area contributed by atoms with Crippen molar-refractivity contribution in [3.63, 3.8) is 0 Å². The zero-order valence-corrected chi connectivity index (χ0v) is 14.7. The molecule has 0 aliphatic carbocycles. The maximum atomic E-state index is 5.88. The zero-order chi connectivity index (χ0) is 10.6. The van der Waals surface area contributed by atoms with Gasteiger partial charge in [0, 0.05) is 0 Å². The van der Waals surface area contributed by atoms with Crippen molar-refractivity contribution in [1.82, 2.24) is 0 Å². The van der Waals surface area contributed by atoms with Crippen LogP contribution >= 0.6 is 8.95 Å². The van der Waals surface area contributed by atoms with Crippen molar-refractivity contribution in [2.24, 2.45) is 5.73 Å². The van der Waals surface area contributed by atoms with Crippen molar-refractivity contribution in [3.05, 3.63) is 18.1 Å². The Morgan fingerprint density at radius 3 is 2.67 bits per heavy atom. The summed E-state index contributed by atoms with van der Waals surface area (Å²) >= 11 is -1.46. The molecule has 1 unspecified atom stereocenters. The molecule has 0 spiro atoms. The topological polar surface area (TPSA) is 39.2 Å². The van der Waals surface area contributed by atoms with E-state index >= 15 is 0 Å². The van der Waals surface area contributed by atoms with Crippen molar-refractivity contribution in [1.29, 1.82) is 0 Å². The first kappa shape index (κ1) is 15.9. The summed E-state index contributed by atoms with van der Waals surface area (Å²) in [6, 6.07) is 2.18. The molecule has 0 aromatic carbocycles. The number of hydrogen-bond acceptors (Lipinski definition) is 3. The zero-order valence-electron chi connectivity index (χ0n) is 9.42. The third-order valence-corrected chi connectivity index (χ3v) is 16.3. The predicted octanol–water partition coefficient (Wildman–Crippen LogP) is -0.725. The fourth-order valence-electron chi connectivity index (χ4n) is 1.45. The second-order valence-electron chi connectivity index (χ2n) is 3.20. The van der Waals surface area contributed by atoms with Gasteiger partial charge in [-0.1, -0.05) is 0 Å². The average Bonchev–Trinajstić information content (AvgIpc) is 2.62. The summed E-state index contributed by atoms with van der Waals surface area (Å²) < 4.78 is 8.25. The fourth-order valence-corrected chi connectivity index (χ4v) is 12.8. The molecule has 1 heterocycles. The molecule has 0 amide bonds. The van der Waals surface area contributed by atoms with Gasteiger partial charge in [0.05, 0.1) is 0 Å². The van der Waals surface area contributed by atoms with Crippen molar-refractivity contribution in [2.45, 2.75) is 31.2 Å². The van der Waals surface area contributed by atoms with Gasteiger partial charge in [0.25, 0.3) is 0 Å². The van der Waals surface area contributed by atoms with Crippen LogP contribution in [0, 0.1) is 0 Å². The minimum Gasteiger partial charge on any atom is -1.00 e. The minimum absolute atomic E-state index is 0. The third-order valence-electron chi connectivity index (χ3n) is 2.05. The van der Waals surface area contributed by atoms with E-state index in [9.17, 15) is 0 Å². The average molecular weight is 399 g/mol. The van der Waals surface area contributed by atoms with Gasteiger partial charge in [-0.05, 0) is 0 Å². The van der Waals surface area contributed by atoms with Gasteiger partial charge in [0.1, 0.15) is 0 Å². The maximum absolute atomic E-state index is 5.88. The molecule has 1 atom stereocenters. The third kappa shape index (κ3) is 4.32. The van der Waals surface area contributed by atoms with Gasteiger partial charge < -0.3 is 17.0 Å². The Balaban J connectivity index is 0.00000196. The summed E-state index contributed by atoms with van der Waals surface area (Å²) in [4.78, 5) is 0. The van der Waals surface area contributed by atoms with Crippen molar-refractivity contribution in [3.8, 4) is 0 Å². The Bertz CT molecular complexity index is 280. The quantitative estimate of drug-likeness (QED) is 0.665. The largest absolute Gasteiger partial charge is 1.00 e. The standard InChI is InChI=1S/C6H8NO.C2H6S.C2H5.BrH.Sn/c1-5(7)6-3-2-4-8-6;1-2-3;1-2;;/h2,4-5H,7H2,1H3;3H,2H2,1H3;1H2,2H3;1H;/q;;;;+2/p-2. The molecule has 0 saturated heterocycles. The Labute approximate surface area is 112 Å². The first-order valence-electron chi connectivity index (χ1n) is 5.02. The van der Waals surface area contributed by atoms with Gasteiger partial charge in [-0.2, -0.15) is 0 Å². The van der Waals surface area contributed by atoms with Crippen molar-refractivity contribution < 1.29 is 21.4 Å². The number of furan rings is 1. The van der Waals surface area contributed by atoms with Crippen LogP contribution in [0.2, 0.25) is 4.44 Å². The smallest absolute Gasteiger partial charge is 1.00 e. The van der Waals surface area contributed by atoms with Gasteiger partial charge in [0.15, 0.2) is 0 Å². The van der Waals surface area contributed by atoms with Gasteiger partial charge in [-0.25, -0.2) is 0 Å². The fraction of sp³-hybridized carbons (Fsp3) is 0.600. The Kier molecular flexibility index (Phi) is 8.50. The molecule has 2 N–H and O–H groups in total. The van der Waals surface area contributed by atoms with Crippen molar-refractivity contribution in [2.75, 3.05) is 5.75 Å². The van der Waals surface area contributed by atoms with E-state index in [4.69, 9.17) is 10.2 Å². The molecule has 2 nitrogen and oxygen atoms in total. The number of nitrogens with two attached hydrogens (primary N) is 1. The van der Waals surface area contributed by atoms with Gasteiger partial charge in [-0.3, -0.25) is 0 Å². The van der Waals surface area contributed by atoms with Crippen molar-refractivity contribution >= 4 is 30.9 Å². The molecule has 0 aliphatic rings. The Hall–Kier alpha value is 0.869. The van der Waals surface area contributed by atoms with Crippen LogP contribution in [0.3, 0.4) is 0 Å². The molecule has 0 aliphatic heterocycles. The number of hydrogen-bond donors (Lipinski definition) is 1. The minimum atomic E-state index is -1.46. The van der Waals surface area contributed by atoms with Crippen LogP contribution in [0.4, 0.5) is 0 Å². The second kappa shape index (κ2) is 8.03. The summed E-state index contributed by atoms with van der Waals surface area (Å²) in [5, 5.41) is 0. The number of rotatable bonds is 5. The summed E-state index contributed by atoms with van der Waals surface area (Å²) in [7, 11) is 2.15. The summed E-state index contributed by atoms with van der Waals surface area (Å²) in [6.45, 7) is 6.51. The van der Waals surface area contributed by atoms with E-state index < -0.39 is 18.4 Å². The van der Waals surface area contributed by atoms with E-state index in [0.717, 1.165) is 5.76 Å². The molecule has 0 fully saturated rings. The monoisotopic (exact) mass is 399 g/mol. The van der Waals surface area contributed by atoms with Crippen LogP contribution in [0.1, 0.15) is 32.6 Å². The van der Waals surface area contributed by atoms with E-state index in [1.165, 1.54) is 13.8 Å². The second-order valence-corrected chi connectivity index (χ2v) is 15.8. The normalized spacial score (nSPS) is 12.0. The first-order valence-corrected chi connectivity index (χ1v) is 12.9. The summed E-state index contributed by atoms with van der Waals surface area (Å²) in [6.07, 6.45) is 1.79. The molecular formula is C10H18BrNOSSn. The molecule has 0 radical (unpaired) electrons. The Morgan fingerprint density at radius 1 is 1.53 bits per heavy atom. The SMILES string of the molecule is CC[S][Sn+]([CH2]C)[c]1ccoc1C(C)N.[Br-]. The summed E-state index contributed by atoms with van der Waals surface area (Å²) in [5.41, 5.74) is 5.88. The maximum Gasteiger partial charge on any atom is -1.00 e. The van der Waals surface area contributed by atoms with Crippen LogP contribution in [-0.2, 0) is 0 Å². The number of halogens is 1. The van der Waals surface area contributed by atoms with E-state index in [2.05, 4.69) is 28.9 Å². The molecule has 15 heavy (non-hydrogen) atoms. The van der Waals surface area contributed by atoms with E-state index in [-0.39, 0.29) is 23.0 Å². The molecule has 1 aromatic rings. The van der Waals surface area contributed by atoms with Crippen LogP contribution in [0.5, 0.6) is 0 Å². The molecule has 0 saturated carbocycles. The molecule has 1 rings (SSSR count). The van der Waals surface area contributed by atoms with Crippen LogP contribution in [-0.4, -0.2) is 24.1 Å². The van der Waals surface area contributed by atoms with E-state index in [0.29, 0.717) is 0 Å². The predicted molar refractivity (Wildman–Crippen MR) is 65.3 cm³/mol. The molecule has 86 valence electrons. The Morgan fingerprint density at radius 2 is 2.20 bits per heavy atom. The van der Waals surface area contributed by atoms with Gasteiger partial charge >= 0.3 is 96.1 Å². The van der Waals surface area contributed by atoms with Gasteiger partial charge in [0.2, 0.25) is 0 Å². The van der Waals surface area contributed by atoms with Gasteiger partial charge in [-0.15, -0.1) is 0 Å². The molecular weight excluding hydrogens is 381 g/mol. The van der Waals surface area contributed by atoms with E-state index in [1.807, 2.05) is 6.92 Å². The summed E-state index contributed by atoms with van der Waals surface area (Å²) in [5.74, 6) is 2.24. The molecule has 0 bridgehead atoms. The molecule has 1 aromatic heterocycles. The van der Waals surface area contributed by atoms with E-state index in [1.54, 1.807) is 6.26 Å². The molecule has 5 heteroatoms. The van der Waals surface area contributed by atoms with Crippen LogP contribution < -0.4 is 26.3 Å². The first-order chi connectivity index (χ1) is 6.70.